The lowest BCUT2D eigenvalue weighted by Crippen LogP contribution is -2.14. The van der Waals surface area contributed by atoms with E-state index in [2.05, 4.69) is 26.2 Å². The number of amides is 1. The predicted octanol–water partition coefficient (Wildman–Crippen LogP) is 3.56. The predicted molar refractivity (Wildman–Crippen MR) is 72.7 cm³/mol. The Kier molecular flexibility index (Phi) is 3.81. The van der Waals surface area contributed by atoms with Gasteiger partial charge in [-0.2, -0.15) is 0 Å². The van der Waals surface area contributed by atoms with Crippen molar-refractivity contribution in [3.63, 3.8) is 0 Å². The normalized spacial score (nSPS) is 10.4. The summed E-state index contributed by atoms with van der Waals surface area (Å²) in [5.41, 5.74) is 2.03. The maximum absolute atomic E-state index is 12.1. The number of aromatic nitrogens is 1. The third-order valence-electron chi connectivity index (χ3n) is 2.61. The van der Waals surface area contributed by atoms with E-state index in [4.69, 9.17) is 4.42 Å². The highest BCUT2D eigenvalue weighted by molar-refractivity contribution is 9.10. The highest BCUT2D eigenvalue weighted by Gasteiger charge is 2.14. The minimum atomic E-state index is -0.173. The summed E-state index contributed by atoms with van der Waals surface area (Å²) >= 11 is 3.29. The van der Waals surface area contributed by atoms with Gasteiger partial charge < -0.3 is 9.73 Å². The van der Waals surface area contributed by atoms with Gasteiger partial charge >= 0.3 is 0 Å². The lowest BCUT2D eigenvalue weighted by Gasteiger charge is -2.07. The van der Waals surface area contributed by atoms with Crippen LogP contribution in [-0.4, -0.2) is 10.9 Å². The number of furan rings is 1. The van der Waals surface area contributed by atoms with Gasteiger partial charge in [-0.3, -0.25) is 4.79 Å². The number of nitrogens with one attached hydrogen (secondary N) is 1. The van der Waals surface area contributed by atoms with Crippen LogP contribution < -0.4 is 5.32 Å². The van der Waals surface area contributed by atoms with Crippen molar-refractivity contribution in [2.75, 3.05) is 5.32 Å². The zero-order chi connectivity index (χ0) is 13.1. The molecule has 2 heterocycles. The molecule has 0 spiro atoms. The summed E-state index contributed by atoms with van der Waals surface area (Å²) in [4.78, 5) is 16.3. The van der Waals surface area contributed by atoms with Crippen LogP contribution in [0, 0.1) is 6.92 Å². The molecule has 0 atom stereocenters. The number of anilines is 1. The van der Waals surface area contributed by atoms with E-state index in [1.165, 1.54) is 6.26 Å². The van der Waals surface area contributed by atoms with Crippen LogP contribution in [0.2, 0.25) is 0 Å². The second-order valence-electron chi connectivity index (χ2n) is 3.83. The van der Waals surface area contributed by atoms with Gasteiger partial charge in [0, 0.05) is 6.42 Å². The fraction of sp³-hybridized carbons (Fsp3) is 0.231. The summed E-state index contributed by atoms with van der Waals surface area (Å²) < 4.78 is 5.98. The van der Waals surface area contributed by atoms with E-state index in [1.54, 1.807) is 12.1 Å². The fourth-order valence-corrected chi connectivity index (χ4v) is 2.07. The maximum Gasteiger partial charge on any atom is 0.259 e. The number of aryl methyl sites for hydroxylation is 2. The molecule has 2 aromatic heterocycles. The van der Waals surface area contributed by atoms with Gasteiger partial charge in [0.15, 0.2) is 0 Å². The molecule has 2 aromatic rings. The Labute approximate surface area is 114 Å². The number of pyridine rings is 1. The molecule has 0 aliphatic rings. The van der Waals surface area contributed by atoms with Gasteiger partial charge in [0.2, 0.25) is 0 Å². The fourth-order valence-electron chi connectivity index (χ4n) is 1.67. The zero-order valence-corrected chi connectivity index (χ0v) is 11.7. The van der Waals surface area contributed by atoms with Gasteiger partial charge in [-0.25, -0.2) is 4.98 Å². The molecule has 0 aliphatic heterocycles. The molecule has 1 N–H and O–H groups in total. The van der Waals surface area contributed by atoms with Gasteiger partial charge in [-0.15, -0.1) is 0 Å². The van der Waals surface area contributed by atoms with Crippen LogP contribution in [0.4, 0.5) is 5.69 Å². The van der Waals surface area contributed by atoms with Gasteiger partial charge in [-0.1, -0.05) is 6.92 Å². The summed E-state index contributed by atoms with van der Waals surface area (Å²) in [5.74, 6) is 0.517. The Hall–Kier alpha value is -1.62. The van der Waals surface area contributed by atoms with Crippen molar-refractivity contribution in [1.29, 1.82) is 0 Å². The average Bonchev–Trinajstić information content (AvgIpc) is 2.81. The summed E-state index contributed by atoms with van der Waals surface area (Å²) in [6.07, 6.45) is 2.22. The van der Waals surface area contributed by atoms with Crippen LogP contribution in [0.15, 0.2) is 33.5 Å². The van der Waals surface area contributed by atoms with E-state index in [1.807, 2.05) is 19.9 Å². The largest absolute Gasteiger partial charge is 0.469 e. The molecule has 5 heteroatoms. The molecule has 2 rings (SSSR count). The van der Waals surface area contributed by atoms with Crippen LogP contribution in [0.5, 0.6) is 0 Å². The molecule has 0 saturated heterocycles. The number of rotatable bonds is 3. The molecule has 18 heavy (non-hydrogen) atoms. The first-order valence-electron chi connectivity index (χ1n) is 5.62. The van der Waals surface area contributed by atoms with E-state index >= 15 is 0 Å². The van der Waals surface area contributed by atoms with Gasteiger partial charge in [0.05, 0.1) is 23.2 Å². The number of nitrogens with zero attached hydrogens (tertiary/aromatic N) is 1. The van der Waals surface area contributed by atoms with Gasteiger partial charge in [0.25, 0.3) is 5.91 Å². The Balaban J connectivity index is 2.21. The van der Waals surface area contributed by atoms with Crippen LogP contribution in [0.1, 0.15) is 28.7 Å². The van der Waals surface area contributed by atoms with Gasteiger partial charge in [-0.05, 0) is 41.1 Å². The van der Waals surface area contributed by atoms with E-state index in [0.29, 0.717) is 23.4 Å². The molecule has 0 saturated carbocycles. The van der Waals surface area contributed by atoms with Crippen LogP contribution in [0.25, 0.3) is 0 Å². The summed E-state index contributed by atoms with van der Waals surface area (Å²) in [7, 11) is 0. The number of hydrogen-bond donors (Lipinski definition) is 1. The zero-order valence-electron chi connectivity index (χ0n) is 10.2. The van der Waals surface area contributed by atoms with E-state index in [-0.39, 0.29) is 5.91 Å². The topological polar surface area (TPSA) is 55.1 Å². The Morgan fingerprint density at radius 3 is 2.89 bits per heavy atom. The quantitative estimate of drug-likeness (QED) is 0.882. The van der Waals surface area contributed by atoms with Crippen LogP contribution in [0.3, 0.4) is 0 Å². The first-order valence-corrected chi connectivity index (χ1v) is 6.42. The minimum Gasteiger partial charge on any atom is -0.469 e. The van der Waals surface area contributed by atoms with Crippen LogP contribution >= 0.6 is 15.9 Å². The molecule has 1 amide bonds. The number of carbonyl (C=O) groups is 1. The van der Waals surface area contributed by atoms with Crippen molar-refractivity contribution in [3.8, 4) is 0 Å². The number of carbonyl (C=O) groups excluding carboxylic acids is 1. The highest BCUT2D eigenvalue weighted by Crippen LogP contribution is 2.18. The molecule has 4 nitrogen and oxygen atoms in total. The second kappa shape index (κ2) is 5.35. The molecular weight excluding hydrogens is 296 g/mol. The Bertz CT molecular complexity index is 578. The number of halogens is 1. The average molecular weight is 309 g/mol. The minimum absolute atomic E-state index is 0.173. The van der Waals surface area contributed by atoms with Crippen molar-refractivity contribution >= 4 is 27.5 Å². The maximum atomic E-state index is 12.1. The Morgan fingerprint density at radius 2 is 2.22 bits per heavy atom. The Morgan fingerprint density at radius 1 is 1.44 bits per heavy atom. The van der Waals surface area contributed by atoms with Crippen LogP contribution in [-0.2, 0) is 6.42 Å². The third kappa shape index (κ3) is 2.61. The molecular formula is C13H13BrN2O2. The lowest BCUT2D eigenvalue weighted by atomic mass is 10.2. The first kappa shape index (κ1) is 12.8. The molecule has 0 bridgehead atoms. The third-order valence-corrected chi connectivity index (χ3v) is 3.05. The van der Waals surface area contributed by atoms with Crippen molar-refractivity contribution in [3.05, 3.63) is 46.1 Å². The SMILES string of the molecule is CCc1occc1C(=O)Nc1ccc(Br)nc1C. The van der Waals surface area contributed by atoms with Crippen molar-refractivity contribution < 1.29 is 9.21 Å². The standard InChI is InChI=1S/C13H13BrN2O2/c1-3-11-9(6-7-18-11)13(17)16-10-4-5-12(14)15-8(10)2/h4-7H,3H2,1-2H3,(H,16,17). The van der Waals surface area contributed by atoms with Gasteiger partial charge in [0.1, 0.15) is 10.4 Å². The molecule has 94 valence electrons. The highest BCUT2D eigenvalue weighted by atomic mass is 79.9. The summed E-state index contributed by atoms with van der Waals surface area (Å²) in [6.45, 7) is 3.79. The molecule has 0 aromatic carbocycles. The van der Waals surface area contributed by atoms with E-state index < -0.39 is 0 Å². The van der Waals surface area contributed by atoms with Crippen molar-refractivity contribution in [1.82, 2.24) is 4.98 Å². The smallest absolute Gasteiger partial charge is 0.259 e. The van der Waals surface area contributed by atoms with Crippen molar-refractivity contribution in [2.24, 2.45) is 0 Å². The van der Waals surface area contributed by atoms with E-state index in [9.17, 15) is 4.79 Å². The number of hydrogen-bond acceptors (Lipinski definition) is 3. The lowest BCUT2D eigenvalue weighted by molar-refractivity contribution is 0.102. The van der Waals surface area contributed by atoms with Crippen molar-refractivity contribution in [2.45, 2.75) is 20.3 Å². The second-order valence-corrected chi connectivity index (χ2v) is 4.64. The molecule has 0 fully saturated rings. The molecule has 0 radical (unpaired) electrons. The summed E-state index contributed by atoms with van der Waals surface area (Å²) in [6, 6.07) is 5.28. The molecule has 0 unspecified atom stereocenters. The van der Waals surface area contributed by atoms with E-state index in [0.717, 1.165) is 10.3 Å². The molecule has 0 aliphatic carbocycles. The first-order chi connectivity index (χ1) is 8.61. The monoisotopic (exact) mass is 308 g/mol. The summed E-state index contributed by atoms with van der Waals surface area (Å²) in [5, 5.41) is 2.83.